The van der Waals surface area contributed by atoms with Crippen LogP contribution in [0.2, 0.25) is 0 Å². The first-order valence-corrected chi connectivity index (χ1v) is 9.70. The summed E-state index contributed by atoms with van der Waals surface area (Å²) in [5, 5.41) is 0. The molecule has 108 valence electrons. The van der Waals surface area contributed by atoms with Crippen LogP contribution >= 0.6 is 0 Å². The molecule has 0 amide bonds. The number of unbranched alkanes of at least 4 members (excludes halogenated alkanes) is 1. The third kappa shape index (κ3) is 5.21. The minimum absolute atomic E-state index is 0.134. The molecule has 0 atom stereocenters. The van der Waals surface area contributed by atoms with Crippen molar-refractivity contribution in [1.29, 1.82) is 0 Å². The van der Waals surface area contributed by atoms with Crippen molar-refractivity contribution in [2.45, 2.75) is 38.6 Å². The molecule has 0 aromatic carbocycles. The van der Waals surface area contributed by atoms with Gasteiger partial charge in [-0.15, -0.1) is 0 Å². The van der Waals surface area contributed by atoms with E-state index in [1.807, 2.05) is 6.92 Å². The first kappa shape index (κ1) is 15.9. The summed E-state index contributed by atoms with van der Waals surface area (Å²) >= 11 is 0. The quantitative estimate of drug-likeness (QED) is 0.755. The normalized spacial score (nSPS) is 20.1. The highest BCUT2D eigenvalue weighted by atomic mass is 32.2. The summed E-state index contributed by atoms with van der Waals surface area (Å²) in [5.41, 5.74) is 0. The highest BCUT2D eigenvalue weighted by Gasteiger charge is 2.27. The SMILES string of the molecule is CCCCS(=O)(=O)NC1CCN(S(C)(=O)=O)CC1. The summed E-state index contributed by atoms with van der Waals surface area (Å²) in [6, 6.07) is -0.134. The Morgan fingerprint density at radius 2 is 1.72 bits per heavy atom. The summed E-state index contributed by atoms with van der Waals surface area (Å²) < 4.78 is 50.0. The van der Waals surface area contributed by atoms with Gasteiger partial charge in [0.05, 0.1) is 12.0 Å². The Hall–Kier alpha value is -0.180. The minimum atomic E-state index is -3.21. The molecule has 1 rings (SSSR count). The van der Waals surface area contributed by atoms with Gasteiger partial charge in [0.15, 0.2) is 0 Å². The van der Waals surface area contributed by atoms with E-state index in [0.717, 1.165) is 6.42 Å². The highest BCUT2D eigenvalue weighted by molar-refractivity contribution is 7.89. The zero-order chi connectivity index (χ0) is 13.8. The molecule has 1 aliphatic rings. The summed E-state index contributed by atoms with van der Waals surface area (Å²) in [5.74, 6) is 0.149. The number of rotatable bonds is 6. The Labute approximate surface area is 110 Å². The van der Waals surface area contributed by atoms with Crippen LogP contribution < -0.4 is 4.72 Å². The monoisotopic (exact) mass is 298 g/mol. The number of sulfonamides is 2. The van der Waals surface area contributed by atoms with Crippen LogP contribution in [0.15, 0.2) is 0 Å². The number of piperidine rings is 1. The number of nitrogens with zero attached hydrogens (tertiary/aromatic N) is 1. The fourth-order valence-corrected chi connectivity index (χ4v) is 4.36. The van der Waals surface area contributed by atoms with Crippen molar-refractivity contribution < 1.29 is 16.8 Å². The van der Waals surface area contributed by atoms with Gasteiger partial charge in [0.1, 0.15) is 0 Å². The molecule has 0 saturated carbocycles. The second-order valence-corrected chi connectivity index (χ2v) is 8.58. The molecule has 0 radical (unpaired) electrons. The maximum Gasteiger partial charge on any atom is 0.211 e. The lowest BCUT2D eigenvalue weighted by molar-refractivity contribution is 0.310. The van der Waals surface area contributed by atoms with Gasteiger partial charge in [0, 0.05) is 19.1 Å². The van der Waals surface area contributed by atoms with E-state index in [0.29, 0.717) is 32.4 Å². The third-order valence-electron chi connectivity index (χ3n) is 3.04. The summed E-state index contributed by atoms with van der Waals surface area (Å²) in [4.78, 5) is 0. The molecule has 8 heteroatoms. The molecule has 0 aromatic heterocycles. The van der Waals surface area contributed by atoms with Crippen LogP contribution in [0.25, 0.3) is 0 Å². The standard InChI is InChI=1S/C10H22N2O4S2/c1-3-4-9-18(15,16)11-10-5-7-12(8-6-10)17(2,13)14/h10-11H,3-9H2,1-2H3. The van der Waals surface area contributed by atoms with Crippen LogP contribution in [0.1, 0.15) is 32.6 Å². The van der Waals surface area contributed by atoms with Crippen molar-refractivity contribution in [1.82, 2.24) is 9.03 Å². The molecule has 0 aromatic rings. The van der Waals surface area contributed by atoms with Crippen molar-refractivity contribution >= 4 is 20.0 Å². The second kappa shape index (κ2) is 6.31. The first-order chi connectivity index (χ1) is 8.24. The van der Waals surface area contributed by atoms with E-state index >= 15 is 0 Å². The van der Waals surface area contributed by atoms with Gasteiger partial charge in [-0.25, -0.2) is 25.9 Å². The molecule has 1 fully saturated rings. The van der Waals surface area contributed by atoms with Gasteiger partial charge in [-0.1, -0.05) is 13.3 Å². The smallest absolute Gasteiger partial charge is 0.211 e. The molecular weight excluding hydrogens is 276 g/mol. The summed E-state index contributed by atoms with van der Waals surface area (Å²) in [6.45, 7) is 2.72. The van der Waals surface area contributed by atoms with Crippen LogP contribution in [0, 0.1) is 0 Å². The van der Waals surface area contributed by atoms with Crippen LogP contribution in [-0.4, -0.2) is 52.3 Å². The summed E-state index contributed by atoms with van der Waals surface area (Å²) in [6.07, 6.45) is 3.75. The molecule has 0 unspecified atom stereocenters. The Kier molecular flexibility index (Phi) is 5.57. The van der Waals surface area contributed by atoms with Gasteiger partial charge in [-0.3, -0.25) is 0 Å². The van der Waals surface area contributed by atoms with Gasteiger partial charge < -0.3 is 0 Å². The van der Waals surface area contributed by atoms with Crippen molar-refractivity contribution in [2.75, 3.05) is 25.1 Å². The fourth-order valence-electron chi connectivity index (χ4n) is 1.95. The molecule has 1 heterocycles. The van der Waals surface area contributed by atoms with Gasteiger partial charge in [0.25, 0.3) is 0 Å². The fraction of sp³-hybridized carbons (Fsp3) is 1.00. The predicted molar refractivity (Wildman–Crippen MR) is 71.3 cm³/mol. The van der Waals surface area contributed by atoms with E-state index < -0.39 is 20.0 Å². The average Bonchev–Trinajstić information content (AvgIpc) is 2.25. The van der Waals surface area contributed by atoms with E-state index in [1.165, 1.54) is 10.6 Å². The van der Waals surface area contributed by atoms with Crippen molar-refractivity contribution in [3.63, 3.8) is 0 Å². The largest absolute Gasteiger partial charge is 0.213 e. The van der Waals surface area contributed by atoms with Gasteiger partial charge >= 0.3 is 0 Å². The van der Waals surface area contributed by atoms with E-state index in [4.69, 9.17) is 0 Å². The number of hydrogen-bond donors (Lipinski definition) is 1. The molecule has 0 bridgehead atoms. The lowest BCUT2D eigenvalue weighted by atomic mass is 10.1. The van der Waals surface area contributed by atoms with Crippen LogP contribution in [0.5, 0.6) is 0 Å². The van der Waals surface area contributed by atoms with Crippen molar-refractivity contribution in [3.8, 4) is 0 Å². The zero-order valence-corrected chi connectivity index (χ0v) is 12.6. The lowest BCUT2D eigenvalue weighted by Crippen LogP contribution is -2.46. The predicted octanol–water partition coefficient (Wildman–Crippen LogP) is 0.130. The number of nitrogens with one attached hydrogen (secondary N) is 1. The van der Waals surface area contributed by atoms with Crippen molar-refractivity contribution in [2.24, 2.45) is 0 Å². The van der Waals surface area contributed by atoms with Crippen LogP contribution in [0.3, 0.4) is 0 Å². The maximum absolute atomic E-state index is 11.7. The second-order valence-electron chi connectivity index (χ2n) is 4.73. The minimum Gasteiger partial charge on any atom is -0.213 e. The Balaban J connectivity index is 2.45. The average molecular weight is 298 g/mol. The molecule has 0 spiro atoms. The first-order valence-electron chi connectivity index (χ1n) is 6.20. The molecule has 1 saturated heterocycles. The van der Waals surface area contributed by atoms with Crippen LogP contribution in [0.4, 0.5) is 0 Å². The molecule has 18 heavy (non-hydrogen) atoms. The van der Waals surface area contributed by atoms with E-state index in [1.54, 1.807) is 0 Å². The molecule has 1 N–H and O–H groups in total. The highest BCUT2D eigenvalue weighted by Crippen LogP contribution is 2.14. The lowest BCUT2D eigenvalue weighted by Gasteiger charge is -2.30. The molecule has 6 nitrogen and oxygen atoms in total. The van der Waals surface area contributed by atoms with E-state index in [-0.39, 0.29) is 11.8 Å². The Morgan fingerprint density at radius 3 is 2.17 bits per heavy atom. The number of hydrogen-bond acceptors (Lipinski definition) is 4. The van der Waals surface area contributed by atoms with Gasteiger partial charge in [-0.05, 0) is 19.3 Å². The van der Waals surface area contributed by atoms with E-state index in [9.17, 15) is 16.8 Å². The Morgan fingerprint density at radius 1 is 1.17 bits per heavy atom. The van der Waals surface area contributed by atoms with Gasteiger partial charge in [0.2, 0.25) is 20.0 Å². The van der Waals surface area contributed by atoms with E-state index in [2.05, 4.69) is 4.72 Å². The molecule has 0 aliphatic carbocycles. The molecule has 1 aliphatic heterocycles. The van der Waals surface area contributed by atoms with Crippen molar-refractivity contribution in [3.05, 3.63) is 0 Å². The zero-order valence-electron chi connectivity index (χ0n) is 10.9. The third-order valence-corrected chi connectivity index (χ3v) is 5.86. The van der Waals surface area contributed by atoms with Gasteiger partial charge in [-0.2, -0.15) is 0 Å². The Bertz CT molecular complexity index is 450. The van der Waals surface area contributed by atoms with Crippen LogP contribution in [-0.2, 0) is 20.0 Å². The maximum atomic E-state index is 11.7. The molecular formula is C10H22N2O4S2. The topological polar surface area (TPSA) is 83.6 Å². The summed E-state index contributed by atoms with van der Waals surface area (Å²) in [7, 11) is -6.37.